The lowest BCUT2D eigenvalue weighted by Gasteiger charge is -2.29. The summed E-state index contributed by atoms with van der Waals surface area (Å²) in [6, 6.07) is 5.97. The monoisotopic (exact) mass is 329 g/mol. The number of piperazine rings is 1. The smallest absolute Gasteiger partial charge is 0.248 e. The Kier molecular flexibility index (Phi) is 4.89. The molecule has 0 unspecified atom stereocenters. The quantitative estimate of drug-likeness (QED) is 0.794. The van der Waals surface area contributed by atoms with Crippen molar-refractivity contribution in [3.05, 3.63) is 36.2 Å². The Morgan fingerprint density at radius 2 is 1.92 bits per heavy atom. The number of anilines is 2. The van der Waals surface area contributed by atoms with Gasteiger partial charge in [-0.25, -0.2) is 4.68 Å². The average Bonchev–Trinajstić information content (AvgIpc) is 3.06. The van der Waals surface area contributed by atoms with Gasteiger partial charge in [0.15, 0.2) is 0 Å². The van der Waals surface area contributed by atoms with E-state index >= 15 is 0 Å². The minimum atomic E-state index is 0.189. The standard InChI is InChI=1S/C17H27N7/c1-17(2,3)13-19-14-12-15(23-10-6-18-7-11-23)21-16(20-14)22-24-8-4-5-9-24/h4-5,8-9,12,18H,6-7,10-11,13H2,1-3H3,(H2,19,20,21,22). The van der Waals surface area contributed by atoms with Crippen LogP contribution in [0.4, 0.5) is 11.6 Å². The number of hydrogen-bond acceptors (Lipinski definition) is 5. The molecule has 0 amide bonds. The SMILES string of the molecule is CC(C)(C)CNc1cc(N2CCNCC2)[nH]c(=Nn2cccc2)n1. The van der Waals surface area contributed by atoms with Crippen molar-refractivity contribution in [1.82, 2.24) is 20.0 Å². The molecule has 2 aromatic rings. The van der Waals surface area contributed by atoms with E-state index in [9.17, 15) is 0 Å². The van der Waals surface area contributed by atoms with Crippen LogP contribution in [0.2, 0.25) is 0 Å². The molecule has 2 aromatic heterocycles. The van der Waals surface area contributed by atoms with E-state index in [0.29, 0.717) is 5.62 Å². The highest BCUT2D eigenvalue weighted by Crippen LogP contribution is 2.16. The van der Waals surface area contributed by atoms with E-state index in [2.05, 4.69) is 57.4 Å². The summed E-state index contributed by atoms with van der Waals surface area (Å²) < 4.78 is 1.76. The highest BCUT2D eigenvalue weighted by Gasteiger charge is 2.14. The van der Waals surface area contributed by atoms with E-state index in [1.807, 2.05) is 24.5 Å². The van der Waals surface area contributed by atoms with Crippen molar-refractivity contribution < 1.29 is 0 Å². The van der Waals surface area contributed by atoms with Crippen LogP contribution in [0, 0.1) is 5.41 Å². The zero-order valence-corrected chi connectivity index (χ0v) is 14.7. The number of H-pyrrole nitrogens is 1. The van der Waals surface area contributed by atoms with Crippen molar-refractivity contribution in [2.24, 2.45) is 10.5 Å². The first kappa shape index (κ1) is 16.6. The number of nitrogens with zero attached hydrogens (tertiary/aromatic N) is 4. The van der Waals surface area contributed by atoms with Gasteiger partial charge in [-0.1, -0.05) is 20.8 Å². The normalized spacial score (nSPS) is 16.5. The van der Waals surface area contributed by atoms with Crippen LogP contribution < -0.4 is 21.2 Å². The number of rotatable bonds is 4. The first-order valence-corrected chi connectivity index (χ1v) is 8.48. The fourth-order valence-corrected chi connectivity index (χ4v) is 2.53. The average molecular weight is 329 g/mol. The van der Waals surface area contributed by atoms with Crippen LogP contribution in [0.3, 0.4) is 0 Å². The Morgan fingerprint density at radius 3 is 2.58 bits per heavy atom. The highest BCUT2D eigenvalue weighted by molar-refractivity contribution is 5.48. The van der Waals surface area contributed by atoms with Gasteiger partial charge in [-0.15, -0.1) is 5.10 Å². The molecule has 1 aliphatic rings. The summed E-state index contributed by atoms with van der Waals surface area (Å²) in [5, 5.41) is 11.4. The summed E-state index contributed by atoms with van der Waals surface area (Å²) in [4.78, 5) is 10.3. The fourth-order valence-electron chi connectivity index (χ4n) is 2.53. The molecule has 1 saturated heterocycles. The van der Waals surface area contributed by atoms with E-state index < -0.39 is 0 Å². The third-order valence-corrected chi connectivity index (χ3v) is 3.80. The van der Waals surface area contributed by atoms with Gasteiger partial charge in [0, 0.05) is 51.2 Å². The molecule has 0 aliphatic carbocycles. The second-order valence-corrected chi connectivity index (χ2v) is 7.29. The Hall–Kier alpha value is -2.28. The van der Waals surface area contributed by atoms with Crippen LogP contribution in [0.25, 0.3) is 0 Å². The van der Waals surface area contributed by atoms with Crippen molar-refractivity contribution in [2.45, 2.75) is 20.8 Å². The Labute approximate surface area is 142 Å². The molecule has 0 aromatic carbocycles. The van der Waals surface area contributed by atoms with Crippen LogP contribution in [0.15, 0.2) is 35.7 Å². The second-order valence-electron chi connectivity index (χ2n) is 7.29. The van der Waals surface area contributed by atoms with Crippen molar-refractivity contribution in [1.29, 1.82) is 0 Å². The Balaban J connectivity index is 1.92. The van der Waals surface area contributed by atoms with Gasteiger partial charge in [-0.2, -0.15) is 4.98 Å². The number of hydrogen-bond donors (Lipinski definition) is 3. The topological polar surface area (TPSA) is 73.3 Å². The number of aromatic nitrogens is 3. The Morgan fingerprint density at radius 1 is 1.21 bits per heavy atom. The zero-order valence-electron chi connectivity index (χ0n) is 14.7. The third kappa shape index (κ3) is 4.61. The maximum Gasteiger partial charge on any atom is 0.248 e. The molecular weight excluding hydrogens is 302 g/mol. The molecular formula is C17H27N7. The lowest BCUT2D eigenvalue weighted by molar-refractivity contribution is 0.442. The third-order valence-electron chi connectivity index (χ3n) is 3.80. The van der Waals surface area contributed by atoms with Crippen LogP contribution in [0.5, 0.6) is 0 Å². The molecule has 0 radical (unpaired) electrons. The summed E-state index contributed by atoms with van der Waals surface area (Å²) in [6.45, 7) is 11.4. The van der Waals surface area contributed by atoms with Gasteiger partial charge in [-0.05, 0) is 17.5 Å². The zero-order chi connectivity index (χ0) is 17.0. The molecule has 0 spiro atoms. The van der Waals surface area contributed by atoms with Crippen LogP contribution in [-0.4, -0.2) is 47.4 Å². The van der Waals surface area contributed by atoms with Gasteiger partial charge in [0.05, 0.1) is 0 Å². The molecule has 3 heterocycles. The molecule has 130 valence electrons. The summed E-state index contributed by atoms with van der Waals surface area (Å²) in [5.74, 6) is 1.90. The highest BCUT2D eigenvalue weighted by atomic mass is 15.4. The molecule has 3 rings (SSSR count). The summed E-state index contributed by atoms with van der Waals surface area (Å²) in [6.07, 6.45) is 3.80. The number of nitrogens with one attached hydrogen (secondary N) is 3. The van der Waals surface area contributed by atoms with Gasteiger partial charge in [0.2, 0.25) is 5.62 Å². The summed E-state index contributed by atoms with van der Waals surface area (Å²) >= 11 is 0. The first-order chi connectivity index (χ1) is 11.5. The van der Waals surface area contributed by atoms with Crippen molar-refractivity contribution in [3.8, 4) is 0 Å². The first-order valence-electron chi connectivity index (χ1n) is 8.48. The van der Waals surface area contributed by atoms with E-state index in [-0.39, 0.29) is 5.41 Å². The maximum absolute atomic E-state index is 4.61. The van der Waals surface area contributed by atoms with Gasteiger partial charge in [-0.3, -0.25) is 0 Å². The maximum atomic E-state index is 4.61. The minimum Gasteiger partial charge on any atom is -0.369 e. The minimum absolute atomic E-state index is 0.189. The molecule has 0 bridgehead atoms. The molecule has 7 nitrogen and oxygen atoms in total. The number of aromatic amines is 1. The van der Waals surface area contributed by atoms with Crippen molar-refractivity contribution in [2.75, 3.05) is 42.9 Å². The van der Waals surface area contributed by atoms with Crippen LogP contribution >= 0.6 is 0 Å². The van der Waals surface area contributed by atoms with Crippen molar-refractivity contribution in [3.63, 3.8) is 0 Å². The predicted octanol–water partition coefficient (Wildman–Crippen LogP) is 1.44. The van der Waals surface area contributed by atoms with Gasteiger partial charge in [0.1, 0.15) is 11.6 Å². The molecule has 3 N–H and O–H groups in total. The van der Waals surface area contributed by atoms with E-state index in [0.717, 1.165) is 44.4 Å². The van der Waals surface area contributed by atoms with Crippen molar-refractivity contribution >= 4 is 11.6 Å². The van der Waals surface area contributed by atoms with Crippen LogP contribution in [0.1, 0.15) is 20.8 Å². The second kappa shape index (κ2) is 7.09. The molecule has 7 heteroatoms. The van der Waals surface area contributed by atoms with E-state index in [4.69, 9.17) is 0 Å². The lowest BCUT2D eigenvalue weighted by Crippen LogP contribution is -2.44. The summed E-state index contributed by atoms with van der Waals surface area (Å²) in [7, 11) is 0. The van der Waals surface area contributed by atoms with Crippen LogP contribution in [-0.2, 0) is 0 Å². The lowest BCUT2D eigenvalue weighted by atomic mass is 9.97. The van der Waals surface area contributed by atoms with E-state index in [1.165, 1.54) is 0 Å². The molecule has 24 heavy (non-hydrogen) atoms. The molecule has 0 atom stereocenters. The van der Waals surface area contributed by atoms with Gasteiger partial charge >= 0.3 is 0 Å². The molecule has 1 aliphatic heterocycles. The summed E-state index contributed by atoms with van der Waals surface area (Å²) in [5.41, 5.74) is 0.785. The van der Waals surface area contributed by atoms with Gasteiger partial charge in [0.25, 0.3) is 0 Å². The largest absolute Gasteiger partial charge is 0.369 e. The Bertz CT molecular complexity index is 703. The van der Waals surface area contributed by atoms with Gasteiger partial charge < -0.3 is 20.5 Å². The molecule has 1 fully saturated rings. The fraction of sp³-hybridized carbons (Fsp3) is 0.529. The predicted molar refractivity (Wildman–Crippen MR) is 97.0 cm³/mol. The molecule has 0 saturated carbocycles. The van der Waals surface area contributed by atoms with E-state index in [1.54, 1.807) is 4.68 Å².